The summed E-state index contributed by atoms with van der Waals surface area (Å²) < 4.78 is 6.06. The summed E-state index contributed by atoms with van der Waals surface area (Å²) in [6.45, 7) is 5.18. The first-order chi connectivity index (χ1) is 18.1. The molecule has 5 nitrogen and oxygen atoms in total. The second kappa shape index (κ2) is 12.1. The third-order valence-corrected chi connectivity index (χ3v) is 8.32. The summed E-state index contributed by atoms with van der Waals surface area (Å²) in [5, 5.41) is 0. The van der Waals surface area contributed by atoms with Crippen LogP contribution in [-0.2, 0) is 4.79 Å². The van der Waals surface area contributed by atoms with Crippen LogP contribution in [0.4, 0.5) is 5.69 Å². The van der Waals surface area contributed by atoms with E-state index < -0.39 is 0 Å². The Morgan fingerprint density at radius 2 is 1.73 bits per heavy atom. The number of anilines is 1. The summed E-state index contributed by atoms with van der Waals surface area (Å²) in [5.74, 6) is 1.69. The molecule has 0 bridgehead atoms. The molecule has 2 fully saturated rings. The average molecular weight is 501 g/mol. The zero-order valence-electron chi connectivity index (χ0n) is 22.2. The first-order valence-corrected chi connectivity index (χ1v) is 14.3. The number of carbonyl (C=O) groups is 2. The molecule has 3 aliphatic rings. The molecule has 2 aromatic rings. The monoisotopic (exact) mass is 500 g/mol. The molecule has 2 aliphatic heterocycles. The standard InChI is InChI=1S/C32H40N2O3/c1-24-10-7-8-20-33(24)21-9-14-29(35)27-18-16-25(17-19-27)22-31-32(36)34(23-26-11-3-2-4-12-26)28-13-5-6-15-30(28)37-31/h5-6,13,15-19,22,24,26H,2-4,7-12,14,20-21,23H2,1H3/b31-22-. The number of ketones is 1. The average Bonchev–Trinajstić information content (AvgIpc) is 2.93. The predicted octanol–water partition coefficient (Wildman–Crippen LogP) is 6.87. The fraction of sp³-hybridized carbons (Fsp3) is 0.500. The number of piperidine rings is 1. The number of fused-ring (bicyclic) bond motifs is 1. The number of rotatable bonds is 8. The third kappa shape index (κ3) is 6.32. The van der Waals surface area contributed by atoms with Gasteiger partial charge in [0, 0.05) is 24.6 Å². The second-order valence-corrected chi connectivity index (χ2v) is 11.0. The highest BCUT2D eigenvalue weighted by Crippen LogP contribution is 2.37. The van der Waals surface area contributed by atoms with Crippen molar-refractivity contribution in [3.05, 3.63) is 65.4 Å². The number of benzene rings is 2. The number of hydrogen-bond acceptors (Lipinski definition) is 4. The fourth-order valence-corrected chi connectivity index (χ4v) is 6.06. The summed E-state index contributed by atoms with van der Waals surface area (Å²) in [7, 11) is 0. The molecule has 196 valence electrons. The molecule has 1 amide bonds. The van der Waals surface area contributed by atoms with Gasteiger partial charge in [0.05, 0.1) is 5.69 Å². The summed E-state index contributed by atoms with van der Waals surface area (Å²) in [4.78, 5) is 30.7. The highest BCUT2D eigenvalue weighted by molar-refractivity contribution is 6.10. The van der Waals surface area contributed by atoms with Crippen molar-refractivity contribution in [2.45, 2.75) is 77.2 Å². The van der Waals surface area contributed by atoms with E-state index in [1.54, 1.807) is 6.08 Å². The van der Waals surface area contributed by atoms with Crippen LogP contribution in [0.1, 0.15) is 87.1 Å². The van der Waals surface area contributed by atoms with Crippen LogP contribution in [0.15, 0.2) is 54.3 Å². The van der Waals surface area contributed by atoms with Crippen molar-refractivity contribution >= 4 is 23.5 Å². The Morgan fingerprint density at radius 1 is 0.973 bits per heavy atom. The van der Waals surface area contributed by atoms with E-state index in [-0.39, 0.29) is 11.7 Å². The normalized spacial score (nSPS) is 22.1. The maximum absolute atomic E-state index is 13.5. The number of nitrogens with zero attached hydrogens (tertiary/aromatic N) is 2. The maximum Gasteiger partial charge on any atom is 0.294 e. The van der Waals surface area contributed by atoms with Crippen molar-refractivity contribution in [3.8, 4) is 5.75 Å². The summed E-state index contributed by atoms with van der Waals surface area (Å²) in [6, 6.07) is 16.0. The van der Waals surface area contributed by atoms with E-state index in [2.05, 4.69) is 11.8 Å². The van der Waals surface area contributed by atoms with E-state index >= 15 is 0 Å². The van der Waals surface area contributed by atoms with Gasteiger partial charge in [0.15, 0.2) is 17.3 Å². The lowest BCUT2D eigenvalue weighted by Gasteiger charge is -2.34. The molecule has 1 unspecified atom stereocenters. The highest BCUT2D eigenvalue weighted by Gasteiger charge is 2.32. The minimum absolute atomic E-state index is 0.0867. The van der Waals surface area contributed by atoms with Gasteiger partial charge in [-0.25, -0.2) is 0 Å². The highest BCUT2D eigenvalue weighted by atomic mass is 16.5. The van der Waals surface area contributed by atoms with Gasteiger partial charge >= 0.3 is 0 Å². The molecular formula is C32H40N2O3. The second-order valence-electron chi connectivity index (χ2n) is 11.0. The summed E-state index contributed by atoms with van der Waals surface area (Å²) in [5.41, 5.74) is 2.45. The van der Waals surface area contributed by atoms with Gasteiger partial charge in [0.1, 0.15) is 0 Å². The van der Waals surface area contributed by atoms with Gasteiger partial charge in [0.25, 0.3) is 5.91 Å². The summed E-state index contributed by atoms with van der Waals surface area (Å²) >= 11 is 0. The van der Waals surface area contributed by atoms with Gasteiger partial charge in [-0.1, -0.05) is 62.1 Å². The van der Waals surface area contributed by atoms with Gasteiger partial charge in [-0.05, 0) is 81.8 Å². The first kappa shape index (κ1) is 25.7. The van der Waals surface area contributed by atoms with Crippen molar-refractivity contribution in [2.75, 3.05) is 24.5 Å². The molecular weight excluding hydrogens is 460 g/mol. The molecule has 1 saturated heterocycles. The topological polar surface area (TPSA) is 49.9 Å². The minimum Gasteiger partial charge on any atom is -0.449 e. The van der Waals surface area contributed by atoms with Crippen LogP contribution in [-0.4, -0.2) is 42.3 Å². The predicted molar refractivity (Wildman–Crippen MR) is 149 cm³/mol. The molecule has 0 spiro atoms. The number of ether oxygens (including phenoxy) is 1. The van der Waals surface area contributed by atoms with Crippen molar-refractivity contribution in [1.82, 2.24) is 4.90 Å². The van der Waals surface area contributed by atoms with E-state index in [1.165, 1.54) is 51.4 Å². The Morgan fingerprint density at radius 3 is 2.51 bits per heavy atom. The molecule has 5 heteroatoms. The molecule has 5 rings (SSSR count). The molecule has 37 heavy (non-hydrogen) atoms. The van der Waals surface area contributed by atoms with Gasteiger partial charge in [-0.3, -0.25) is 9.59 Å². The van der Waals surface area contributed by atoms with E-state index in [0.717, 1.165) is 48.6 Å². The largest absolute Gasteiger partial charge is 0.449 e. The van der Waals surface area contributed by atoms with E-state index in [0.29, 0.717) is 24.1 Å². The Kier molecular flexibility index (Phi) is 8.40. The minimum atomic E-state index is -0.0867. The number of hydrogen-bond donors (Lipinski definition) is 0. The van der Waals surface area contributed by atoms with E-state index in [9.17, 15) is 9.59 Å². The van der Waals surface area contributed by atoms with E-state index in [4.69, 9.17) is 4.74 Å². The van der Waals surface area contributed by atoms with Crippen LogP contribution in [0.25, 0.3) is 6.08 Å². The Labute approximate surface area is 221 Å². The van der Waals surface area contributed by atoms with Crippen LogP contribution in [0.5, 0.6) is 5.75 Å². The van der Waals surface area contributed by atoms with Crippen LogP contribution in [0.3, 0.4) is 0 Å². The Balaban J connectivity index is 1.24. The third-order valence-electron chi connectivity index (χ3n) is 8.32. The lowest BCUT2D eigenvalue weighted by Crippen LogP contribution is -2.40. The molecule has 0 aromatic heterocycles. The number of Topliss-reactive ketones (excluding diaryl/α,β-unsaturated/α-hetero) is 1. The van der Waals surface area contributed by atoms with Crippen molar-refractivity contribution in [2.24, 2.45) is 5.92 Å². The zero-order valence-corrected chi connectivity index (χ0v) is 22.2. The molecule has 0 N–H and O–H groups in total. The number of likely N-dealkylation sites (tertiary alicyclic amines) is 1. The molecule has 1 atom stereocenters. The van der Waals surface area contributed by atoms with Gasteiger partial charge in [0.2, 0.25) is 0 Å². The number of carbonyl (C=O) groups excluding carboxylic acids is 2. The van der Waals surface area contributed by atoms with Gasteiger partial charge < -0.3 is 14.5 Å². The van der Waals surface area contributed by atoms with Crippen molar-refractivity contribution in [3.63, 3.8) is 0 Å². The molecule has 1 aliphatic carbocycles. The SMILES string of the molecule is CC1CCCCN1CCCC(=O)c1ccc(/C=C2\Oc3ccccc3N(CC3CCCCC3)C2=O)cc1. The maximum atomic E-state index is 13.5. The summed E-state index contributed by atoms with van der Waals surface area (Å²) in [6.07, 6.45) is 13.3. The first-order valence-electron chi connectivity index (χ1n) is 14.3. The van der Waals surface area contributed by atoms with E-state index in [1.807, 2.05) is 53.4 Å². The molecule has 1 saturated carbocycles. The fourth-order valence-electron chi connectivity index (χ4n) is 6.06. The Bertz CT molecular complexity index is 1120. The van der Waals surface area contributed by atoms with Gasteiger partial charge in [-0.15, -0.1) is 0 Å². The van der Waals surface area contributed by atoms with Crippen LogP contribution in [0.2, 0.25) is 0 Å². The smallest absolute Gasteiger partial charge is 0.294 e. The van der Waals surface area contributed by atoms with Crippen LogP contribution >= 0.6 is 0 Å². The molecule has 2 aromatic carbocycles. The Hall–Kier alpha value is -2.92. The van der Waals surface area contributed by atoms with Crippen LogP contribution < -0.4 is 9.64 Å². The van der Waals surface area contributed by atoms with Crippen molar-refractivity contribution in [1.29, 1.82) is 0 Å². The van der Waals surface area contributed by atoms with Crippen molar-refractivity contribution < 1.29 is 14.3 Å². The lowest BCUT2D eigenvalue weighted by molar-refractivity contribution is -0.117. The quantitative estimate of drug-likeness (QED) is 0.293. The zero-order chi connectivity index (χ0) is 25.6. The molecule has 2 heterocycles. The number of amides is 1. The lowest BCUT2D eigenvalue weighted by atomic mass is 9.88. The van der Waals surface area contributed by atoms with Gasteiger partial charge in [-0.2, -0.15) is 0 Å². The molecule has 0 radical (unpaired) electrons. The van der Waals surface area contributed by atoms with Crippen LogP contribution in [0, 0.1) is 5.92 Å². The number of para-hydroxylation sites is 2.